The van der Waals surface area contributed by atoms with Gasteiger partial charge in [0.15, 0.2) is 5.82 Å². The molecule has 2 heterocycles. The molecule has 0 aliphatic carbocycles. The number of halogens is 1. The average molecular weight is 331 g/mol. The fourth-order valence-corrected chi connectivity index (χ4v) is 2.90. The van der Waals surface area contributed by atoms with Crippen molar-refractivity contribution in [1.82, 2.24) is 20.4 Å². The predicted octanol–water partition coefficient (Wildman–Crippen LogP) is 2.89. The van der Waals surface area contributed by atoms with Crippen LogP contribution in [0.2, 0.25) is 0 Å². The third-order valence-corrected chi connectivity index (χ3v) is 4.25. The van der Waals surface area contributed by atoms with Crippen molar-refractivity contribution in [2.75, 3.05) is 26.7 Å². The second-order valence-electron chi connectivity index (χ2n) is 5.72. The maximum absolute atomic E-state index is 5.49. The van der Waals surface area contributed by atoms with E-state index in [0.29, 0.717) is 5.89 Å². The Kier molecular flexibility index (Phi) is 4.61. The summed E-state index contributed by atoms with van der Waals surface area (Å²) in [5.74, 6) is 1.33. The SMILES string of the molecule is CN1CCNCC1c1noc(-c2ccc3ccccc3c2)n1.Cl. The molecule has 1 aliphatic heterocycles. The first-order valence-electron chi connectivity index (χ1n) is 7.55. The van der Waals surface area contributed by atoms with Crippen LogP contribution in [0.15, 0.2) is 47.0 Å². The predicted molar refractivity (Wildman–Crippen MR) is 92.7 cm³/mol. The van der Waals surface area contributed by atoms with Gasteiger partial charge in [-0.2, -0.15) is 4.98 Å². The molecule has 1 unspecified atom stereocenters. The van der Waals surface area contributed by atoms with Crippen LogP contribution < -0.4 is 5.32 Å². The Balaban J connectivity index is 0.00000156. The summed E-state index contributed by atoms with van der Waals surface area (Å²) in [6.07, 6.45) is 0. The number of likely N-dealkylation sites (N-methyl/N-ethyl adjacent to an activating group) is 1. The summed E-state index contributed by atoms with van der Waals surface area (Å²) < 4.78 is 5.49. The molecule has 1 atom stereocenters. The first-order chi connectivity index (χ1) is 10.8. The molecule has 0 spiro atoms. The van der Waals surface area contributed by atoms with Gasteiger partial charge in [0.05, 0.1) is 6.04 Å². The largest absolute Gasteiger partial charge is 0.334 e. The zero-order valence-corrected chi connectivity index (χ0v) is 13.7. The molecule has 0 bridgehead atoms. The van der Waals surface area contributed by atoms with Crippen LogP contribution in [0.3, 0.4) is 0 Å². The van der Waals surface area contributed by atoms with E-state index in [1.165, 1.54) is 10.8 Å². The smallest absolute Gasteiger partial charge is 0.258 e. The van der Waals surface area contributed by atoms with E-state index in [2.05, 4.69) is 51.7 Å². The zero-order chi connectivity index (χ0) is 14.9. The van der Waals surface area contributed by atoms with Gasteiger partial charge < -0.3 is 9.84 Å². The molecule has 1 aliphatic rings. The van der Waals surface area contributed by atoms with E-state index in [1.807, 2.05) is 18.2 Å². The number of fused-ring (bicyclic) bond motifs is 1. The Hall–Kier alpha value is -1.95. The van der Waals surface area contributed by atoms with E-state index >= 15 is 0 Å². The third kappa shape index (κ3) is 3.08. The van der Waals surface area contributed by atoms with Gasteiger partial charge in [0.1, 0.15) is 0 Å². The summed E-state index contributed by atoms with van der Waals surface area (Å²) in [4.78, 5) is 6.86. The van der Waals surface area contributed by atoms with Crippen LogP contribution in [0.5, 0.6) is 0 Å². The van der Waals surface area contributed by atoms with E-state index in [0.717, 1.165) is 31.0 Å². The highest BCUT2D eigenvalue weighted by Gasteiger charge is 2.25. The molecule has 1 aromatic heterocycles. The van der Waals surface area contributed by atoms with Gasteiger partial charge in [-0.05, 0) is 30.0 Å². The fourth-order valence-electron chi connectivity index (χ4n) is 2.90. The molecule has 6 heteroatoms. The van der Waals surface area contributed by atoms with E-state index in [-0.39, 0.29) is 18.4 Å². The summed E-state index contributed by atoms with van der Waals surface area (Å²) >= 11 is 0. The number of nitrogens with one attached hydrogen (secondary N) is 1. The van der Waals surface area contributed by atoms with Crippen molar-refractivity contribution in [3.05, 3.63) is 48.3 Å². The van der Waals surface area contributed by atoms with Gasteiger partial charge in [-0.1, -0.05) is 35.5 Å². The first-order valence-corrected chi connectivity index (χ1v) is 7.55. The van der Waals surface area contributed by atoms with E-state index in [9.17, 15) is 0 Å². The second-order valence-corrected chi connectivity index (χ2v) is 5.72. The molecule has 120 valence electrons. The lowest BCUT2D eigenvalue weighted by atomic mass is 10.1. The van der Waals surface area contributed by atoms with Gasteiger partial charge in [-0.3, -0.25) is 4.90 Å². The van der Waals surface area contributed by atoms with Crippen molar-refractivity contribution in [1.29, 1.82) is 0 Å². The Morgan fingerprint density at radius 1 is 1.17 bits per heavy atom. The van der Waals surface area contributed by atoms with E-state index in [4.69, 9.17) is 4.52 Å². The molecule has 0 radical (unpaired) electrons. The highest BCUT2D eigenvalue weighted by atomic mass is 35.5. The Bertz CT molecular complexity index is 804. The number of nitrogens with zero attached hydrogens (tertiary/aromatic N) is 3. The summed E-state index contributed by atoms with van der Waals surface area (Å²) in [7, 11) is 2.09. The molecule has 2 aromatic carbocycles. The van der Waals surface area contributed by atoms with Crippen molar-refractivity contribution in [3.8, 4) is 11.5 Å². The van der Waals surface area contributed by atoms with Crippen molar-refractivity contribution in [2.45, 2.75) is 6.04 Å². The summed E-state index contributed by atoms with van der Waals surface area (Å²) in [5.41, 5.74) is 0.962. The maximum atomic E-state index is 5.49. The Morgan fingerprint density at radius 3 is 2.83 bits per heavy atom. The van der Waals surface area contributed by atoms with E-state index < -0.39 is 0 Å². The van der Waals surface area contributed by atoms with Crippen LogP contribution in [-0.2, 0) is 0 Å². The molecule has 1 fully saturated rings. The standard InChI is InChI=1S/C17H18N4O.ClH/c1-21-9-8-18-11-15(21)16-19-17(22-20-16)14-7-6-12-4-2-3-5-13(12)10-14;/h2-7,10,15,18H,8-9,11H2,1H3;1H. The minimum Gasteiger partial charge on any atom is -0.334 e. The van der Waals surface area contributed by atoms with Crippen LogP contribution in [0.25, 0.3) is 22.2 Å². The molecular weight excluding hydrogens is 312 g/mol. The lowest BCUT2D eigenvalue weighted by Gasteiger charge is -2.30. The van der Waals surface area contributed by atoms with Gasteiger partial charge in [0.25, 0.3) is 5.89 Å². The number of piperazine rings is 1. The normalized spacial score (nSPS) is 18.7. The maximum Gasteiger partial charge on any atom is 0.258 e. The van der Waals surface area contributed by atoms with Gasteiger partial charge in [0.2, 0.25) is 0 Å². The molecule has 0 saturated carbocycles. The number of rotatable bonds is 2. The van der Waals surface area contributed by atoms with Crippen molar-refractivity contribution in [2.24, 2.45) is 0 Å². The number of hydrogen-bond donors (Lipinski definition) is 1. The van der Waals surface area contributed by atoms with Crippen molar-refractivity contribution >= 4 is 23.2 Å². The minimum absolute atomic E-state index is 0. The molecular formula is C17H19ClN4O. The topological polar surface area (TPSA) is 54.2 Å². The lowest BCUT2D eigenvalue weighted by molar-refractivity contribution is 0.190. The van der Waals surface area contributed by atoms with Gasteiger partial charge >= 0.3 is 0 Å². The van der Waals surface area contributed by atoms with Crippen molar-refractivity contribution < 1.29 is 4.52 Å². The summed E-state index contributed by atoms with van der Waals surface area (Å²) in [5, 5.41) is 9.94. The van der Waals surface area contributed by atoms with Crippen LogP contribution in [-0.4, -0.2) is 41.7 Å². The van der Waals surface area contributed by atoms with Gasteiger partial charge in [0, 0.05) is 25.2 Å². The molecule has 5 nitrogen and oxygen atoms in total. The van der Waals surface area contributed by atoms with Gasteiger partial charge in [-0.15, -0.1) is 12.4 Å². The monoisotopic (exact) mass is 330 g/mol. The zero-order valence-electron chi connectivity index (χ0n) is 12.9. The van der Waals surface area contributed by atoms with Gasteiger partial charge in [-0.25, -0.2) is 0 Å². The Morgan fingerprint density at radius 2 is 2.00 bits per heavy atom. The van der Waals surface area contributed by atoms with Crippen LogP contribution in [0.4, 0.5) is 0 Å². The average Bonchev–Trinajstić information content (AvgIpc) is 3.04. The molecule has 3 aromatic rings. The summed E-state index contributed by atoms with van der Waals surface area (Å²) in [6, 6.07) is 14.6. The lowest BCUT2D eigenvalue weighted by Crippen LogP contribution is -2.44. The molecule has 1 saturated heterocycles. The highest BCUT2D eigenvalue weighted by molar-refractivity contribution is 5.86. The molecule has 23 heavy (non-hydrogen) atoms. The summed E-state index contributed by atoms with van der Waals surface area (Å²) in [6.45, 7) is 2.85. The minimum atomic E-state index is 0. The van der Waals surface area contributed by atoms with Crippen molar-refractivity contribution in [3.63, 3.8) is 0 Å². The second kappa shape index (κ2) is 6.66. The molecule has 1 N–H and O–H groups in total. The highest BCUT2D eigenvalue weighted by Crippen LogP contribution is 2.25. The molecule has 0 amide bonds. The Labute approximate surface area is 141 Å². The number of benzene rings is 2. The van der Waals surface area contributed by atoms with Crippen LogP contribution >= 0.6 is 12.4 Å². The van der Waals surface area contributed by atoms with E-state index in [1.54, 1.807) is 0 Å². The number of aromatic nitrogens is 2. The number of hydrogen-bond acceptors (Lipinski definition) is 5. The van der Waals surface area contributed by atoms with Crippen LogP contribution in [0.1, 0.15) is 11.9 Å². The molecule has 4 rings (SSSR count). The van der Waals surface area contributed by atoms with Crippen LogP contribution in [0, 0.1) is 0 Å². The fraction of sp³-hybridized carbons (Fsp3) is 0.294. The quantitative estimate of drug-likeness (QED) is 0.783. The third-order valence-electron chi connectivity index (χ3n) is 4.25. The first kappa shape index (κ1) is 15.9.